The summed E-state index contributed by atoms with van der Waals surface area (Å²) in [6.45, 7) is 10.7. The number of aromatic amines is 1. The molecule has 0 spiro atoms. The zero-order chi connectivity index (χ0) is 22.3. The van der Waals surface area contributed by atoms with E-state index in [9.17, 15) is 5.26 Å². The average Bonchev–Trinajstić information content (AvgIpc) is 3.32. The molecule has 0 unspecified atom stereocenters. The summed E-state index contributed by atoms with van der Waals surface area (Å²) >= 11 is 3.85. The van der Waals surface area contributed by atoms with Crippen molar-refractivity contribution in [1.29, 1.82) is 5.26 Å². The second-order valence-corrected chi connectivity index (χ2v) is 11.7. The lowest BCUT2D eigenvalue weighted by molar-refractivity contribution is 0.804. The number of imidazole rings is 1. The van der Waals surface area contributed by atoms with Gasteiger partial charge < -0.3 is 4.98 Å². The number of rotatable bonds is 4. The molecule has 2 aromatic carbocycles. The second kappa shape index (κ2) is 8.52. The fraction of sp³-hybridized carbons (Fsp3) is 0.261. The van der Waals surface area contributed by atoms with Crippen molar-refractivity contribution >= 4 is 69.9 Å². The maximum Gasteiger partial charge on any atom is 0.158 e. The van der Waals surface area contributed by atoms with Crippen LogP contribution in [0.15, 0.2) is 40.9 Å². The van der Waals surface area contributed by atoms with E-state index in [1.165, 1.54) is 11.1 Å². The van der Waals surface area contributed by atoms with Crippen LogP contribution in [0.5, 0.6) is 0 Å². The first kappa shape index (κ1) is 22.2. The van der Waals surface area contributed by atoms with Crippen LogP contribution in [-0.2, 0) is 0 Å². The molecule has 0 aliphatic carbocycles. The number of benzene rings is 2. The molecule has 0 bridgehead atoms. The van der Waals surface area contributed by atoms with E-state index in [0.29, 0.717) is 11.4 Å². The molecular weight excluding hydrogens is 537 g/mol. The van der Waals surface area contributed by atoms with Crippen molar-refractivity contribution in [1.82, 2.24) is 13.9 Å². The number of hydrogen-bond acceptors (Lipinski definition) is 5. The lowest BCUT2D eigenvalue weighted by atomic mass is 9.96. The van der Waals surface area contributed by atoms with Gasteiger partial charge in [0.25, 0.3) is 0 Å². The van der Waals surface area contributed by atoms with E-state index < -0.39 is 0 Å². The molecule has 8 heteroatoms. The van der Waals surface area contributed by atoms with Crippen molar-refractivity contribution in [3.05, 3.63) is 64.6 Å². The quantitative estimate of drug-likeness (QED) is 0.164. The second-order valence-electron chi connectivity index (χ2n) is 8.43. The number of halogens is 1. The van der Waals surface area contributed by atoms with Gasteiger partial charge in [0.05, 0.1) is 28.2 Å². The predicted octanol–water partition coefficient (Wildman–Crippen LogP) is 7.14. The molecule has 2 heterocycles. The van der Waals surface area contributed by atoms with Crippen molar-refractivity contribution in [3.8, 4) is 6.07 Å². The van der Waals surface area contributed by atoms with Crippen LogP contribution in [0.4, 0.5) is 0 Å². The lowest BCUT2D eigenvalue weighted by Crippen LogP contribution is -2.11. The van der Waals surface area contributed by atoms with Gasteiger partial charge in [-0.25, -0.2) is 9.38 Å². The van der Waals surface area contributed by atoms with Crippen LogP contribution >= 0.6 is 42.3 Å². The SMILES string of the molecule is Cc1cc(C)c2c(ccn2SI)c1C(=NSC(C)(C)C)c1nc2ccc(C#N)cc2[nH]1. The summed E-state index contributed by atoms with van der Waals surface area (Å²) in [6, 6.07) is 12.1. The molecule has 2 aromatic heterocycles. The number of aromatic nitrogens is 3. The first-order valence-electron chi connectivity index (χ1n) is 9.79. The lowest BCUT2D eigenvalue weighted by Gasteiger charge is -2.16. The fourth-order valence-corrected chi connectivity index (χ4v) is 5.58. The highest BCUT2D eigenvalue weighted by Gasteiger charge is 2.22. The molecule has 0 radical (unpaired) electrons. The Balaban J connectivity index is 2.00. The van der Waals surface area contributed by atoms with Gasteiger partial charge in [-0.2, -0.15) is 5.26 Å². The number of H-pyrrole nitrogens is 1. The number of nitrogens with one attached hydrogen (secondary N) is 1. The molecule has 0 amide bonds. The van der Waals surface area contributed by atoms with Crippen molar-refractivity contribution in [2.24, 2.45) is 4.40 Å². The van der Waals surface area contributed by atoms with Gasteiger partial charge in [-0.05, 0) is 82.0 Å². The molecule has 158 valence electrons. The van der Waals surface area contributed by atoms with Gasteiger partial charge in [0.1, 0.15) is 5.71 Å². The van der Waals surface area contributed by atoms with E-state index in [0.717, 1.165) is 33.3 Å². The van der Waals surface area contributed by atoms with E-state index in [1.54, 1.807) is 27.1 Å². The largest absolute Gasteiger partial charge is 0.337 e. The van der Waals surface area contributed by atoms with Crippen LogP contribution in [0, 0.1) is 25.2 Å². The van der Waals surface area contributed by atoms with Gasteiger partial charge in [0.2, 0.25) is 0 Å². The van der Waals surface area contributed by atoms with Crippen LogP contribution in [0.2, 0.25) is 0 Å². The molecule has 0 fully saturated rings. The van der Waals surface area contributed by atoms with Gasteiger partial charge in [-0.3, -0.25) is 3.97 Å². The van der Waals surface area contributed by atoms with E-state index in [-0.39, 0.29) is 4.75 Å². The van der Waals surface area contributed by atoms with E-state index >= 15 is 0 Å². The van der Waals surface area contributed by atoms with Crippen molar-refractivity contribution in [2.45, 2.75) is 39.4 Å². The molecule has 0 aliphatic heterocycles. The zero-order valence-corrected chi connectivity index (χ0v) is 21.7. The number of fused-ring (bicyclic) bond motifs is 2. The first-order valence-corrected chi connectivity index (χ1v) is 13.9. The van der Waals surface area contributed by atoms with Gasteiger partial charge in [-0.1, -0.05) is 6.07 Å². The zero-order valence-electron chi connectivity index (χ0n) is 17.9. The third-order valence-corrected chi connectivity index (χ3v) is 7.43. The fourth-order valence-electron chi connectivity index (χ4n) is 3.63. The molecular formula is C23H22IN5S2. The van der Waals surface area contributed by atoms with Gasteiger partial charge >= 0.3 is 0 Å². The summed E-state index contributed by atoms with van der Waals surface area (Å²) in [4.78, 5) is 8.25. The summed E-state index contributed by atoms with van der Waals surface area (Å²) in [6.07, 6.45) is 2.10. The third-order valence-electron chi connectivity index (χ3n) is 4.88. The number of nitrogens with zero attached hydrogens (tertiary/aromatic N) is 4. The molecule has 5 nitrogen and oxygen atoms in total. The summed E-state index contributed by atoms with van der Waals surface area (Å²) < 4.78 is 7.15. The first-order chi connectivity index (χ1) is 14.7. The van der Waals surface area contributed by atoms with Crippen LogP contribution < -0.4 is 0 Å². The van der Waals surface area contributed by atoms with E-state index in [1.807, 2.05) is 12.1 Å². The Morgan fingerprint density at radius 3 is 2.65 bits per heavy atom. The molecule has 0 saturated carbocycles. The van der Waals surface area contributed by atoms with E-state index in [2.05, 4.69) is 89.2 Å². The molecule has 1 N–H and O–H groups in total. The van der Waals surface area contributed by atoms with Crippen molar-refractivity contribution in [2.75, 3.05) is 0 Å². The molecule has 4 aromatic rings. The summed E-state index contributed by atoms with van der Waals surface area (Å²) in [5.41, 5.74) is 7.76. The normalized spacial score (nSPS) is 12.6. The van der Waals surface area contributed by atoms with Crippen molar-refractivity contribution in [3.63, 3.8) is 0 Å². The number of hydrogen-bond donors (Lipinski definition) is 1. The maximum absolute atomic E-state index is 9.25. The maximum atomic E-state index is 9.25. The van der Waals surface area contributed by atoms with Gasteiger partial charge in [-0.15, -0.1) is 0 Å². The van der Waals surface area contributed by atoms with Crippen LogP contribution in [-0.4, -0.2) is 24.4 Å². The summed E-state index contributed by atoms with van der Waals surface area (Å²) in [5, 5.41) is 10.4. The van der Waals surface area contributed by atoms with Crippen LogP contribution in [0.1, 0.15) is 48.8 Å². The standard InChI is InChI=1S/C23H22IN5S2/c1-13-10-14(2)21-16(8-9-29(21)31-24)19(13)20(28-30-23(3,4)5)22-26-17-7-6-15(12-25)11-18(17)27-22/h6-11H,1-5H3,(H,26,27). The van der Waals surface area contributed by atoms with Crippen LogP contribution in [0.3, 0.4) is 0 Å². The minimum absolute atomic E-state index is 0.0348. The van der Waals surface area contributed by atoms with Gasteiger partial charge in [0.15, 0.2) is 5.82 Å². The Kier molecular flexibility index (Phi) is 6.12. The highest BCUT2D eigenvalue weighted by Crippen LogP contribution is 2.34. The smallest absolute Gasteiger partial charge is 0.158 e. The minimum Gasteiger partial charge on any atom is -0.337 e. The Hall–Kier alpha value is -1.96. The molecule has 0 atom stereocenters. The van der Waals surface area contributed by atoms with Crippen molar-refractivity contribution < 1.29 is 0 Å². The highest BCUT2D eigenvalue weighted by molar-refractivity contribution is 14.2. The Labute approximate surface area is 202 Å². The number of nitriles is 1. The Morgan fingerprint density at radius 1 is 1.19 bits per heavy atom. The van der Waals surface area contributed by atoms with Gasteiger partial charge in [0, 0.05) is 52.2 Å². The number of aryl methyl sites for hydroxylation is 2. The molecule has 0 saturated heterocycles. The third kappa shape index (κ3) is 4.36. The molecule has 0 aliphatic rings. The van der Waals surface area contributed by atoms with E-state index in [4.69, 9.17) is 9.38 Å². The molecule has 4 rings (SSSR count). The highest BCUT2D eigenvalue weighted by atomic mass is 127. The summed E-state index contributed by atoms with van der Waals surface area (Å²) in [5.74, 6) is 0.713. The predicted molar refractivity (Wildman–Crippen MR) is 142 cm³/mol. The Morgan fingerprint density at radius 2 is 1.97 bits per heavy atom. The Bertz CT molecular complexity index is 1370. The summed E-state index contributed by atoms with van der Waals surface area (Å²) in [7, 11) is 1.65. The average molecular weight is 560 g/mol. The monoisotopic (exact) mass is 559 g/mol. The molecule has 31 heavy (non-hydrogen) atoms. The van der Waals surface area contributed by atoms with Crippen LogP contribution in [0.25, 0.3) is 21.9 Å². The topological polar surface area (TPSA) is 69.8 Å². The minimum atomic E-state index is -0.0348.